The molecule has 0 saturated heterocycles. The van der Waals surface area contributed by atoms with E-state index in [9.17, 15) is 0 Å². The molecule has 0 atom stereocenters. The molecule has 0 unspecified atom stereocenters. The van der Waals surface area contributed by atoms with Gasteiger partial charge in [-0.3, -0.25) is 4.57 Å². The van der Waals surface area contributed by atoms with Gasteiger partial charge in [-0.15, -0.1) is 0 Å². The number of imidazole rings is 1. The molecule has 1 spiro atoms. The van der Waals surface area contributed by atoms with E-state index < -0.39 is 5.41 Å². The van der Waals surface area contributed by atoms with Crippen molar-refractivity contribution in [2.24, 2.45) is 0 Å². The van der Waals surface area contributed by atoms with E-state index in [1.165, 1.54) is 54.3 Å². The van der Waals surface area contributed by atoms with Gasteiger partial charge in [0.25, 0.3) is 0 Å². The Morgan fingerprint density at radius 3 is 1.85 bits per heavy atom. The van der Waals surface area contributed by atoms with Crippen molar-refractivity contribution < 1.29 is 0 Å². The van der Waals surface area contributed by atoms with E-state index in [-0.39, 0.29) is 0 Å². The molecule has 0 amide bonds. The smallest absolute Gasteiger partial charge is 0.145 e. The number of nitrogen functional groups attached to an aromatic ring is 1. The summed E-state index contributed by atoms with van der Waals surface area (Å²) in [6.45, 7) is 0. The standard InChI is InChI=1S/C50H33N3S/c51-36-27-28-40-39(31-36)48-38(19-12-22-43(48)50(40)41-20-4-8-25-46(41)54-47-26-9-5-21-42(47)50)34-15-10-13-32(29-34)33-14-11-16-35(30-33)49-52-44-23-6-7-24-45(44)53(49)37-17-2-1-3-18-37/h1-31H,51H2. The van der Waals surface area contributed by atoms with Crippen LogP contribution in [0.3, 0.4) is 0 Å². The van der Waals surface area contributed by atoms with Gasteiger partial charge in [-0.05, 0) is 116 Å². The highest BCUT2D eigenvalue weighted by Crippen LogP contribution is 2.63. The van der Waals surface area contributed by atoms with Gasteiger partial charge in [0.1, 0.15) is 5.82 Å². The van der Waals surface area contributed by atoms with Crippen molar-refractivity contribution in [1.29, 1.82) is 0 Å². The number of aromatic nitrogens is 2. The second-order valence-corrected chi connectivity index (χ2v) is 15.2. The Labute approximate surface area is 318 Å². The first kappa shape index (κ1) is 31.0. The second kappa shape index (κ2) is 12.0. The topological polar surface area (TPSA) is 43.8 Å². The minimum absolute atomic E-state index is 0.455. The Kier molecular flexibility index (Phi) is 6.85. The van der Waals surface area contributed by atoms with Crippen LogP contribution in [-0.4, -0.2) is 9.55 Å². The Hall–Kier alpha value is -6.62. The minimum Gasteiger partial charge on any atom is -0.399 e. The fourth-order valence-corrected chi connectivity index (χ4v) is 10.2. The van der Waals surface area contributed by atoms with Crippen molar-refractivity contribution in [2.45, 2.75) is 15.2 Å². The van der Waals surface area contributed by atoms with Crippen molar-refractivity contribution >= 4 is 28.5 Å². The fraction of sp³-hybridized carbons (Fsp3) is 0.0200. The average molecular weight is 708 g/mol. The maximum absolute atomic E-state index is 6.61. The van der Waals surface area contributed by atoms with Gasteiger partial charge < -0.3 is 5.73 Å². The Balaban J connectivity index is 1.09. The van der Waals surface area contributed by atoms with Gasteiger partial charge in [-0.1, -0.05) is 139 Å². The molecule has 3 nitrogen and oxygen atoms in total. The summed E-state index contributed by atoms with van der Waals surface area (Å²) in [5, 5.41) is 0. The number of nitrogens with two attached hydrogens (primary N) is 1. The molecule has 11 rings (SSSR count). The summed E-state index contributed by atoms with van der Waals surface area (Å²) in [5.41, 5.74) is 23.5. The first-order valence-electron chi connectivity index (χ1n) is 18.3. The van der Waals surface area contributed by atoms with Gasteiger partial charge >= 0.3 is 0 Å². The van der Waals surface area contributed by atoms with Crippen molar-refractivity contribution in [3.8, 4) is 50.5 Å². The van der Waals surface area contributed by atoms with E-state index in [0.717, 1.165) is 44.9 Å². The molecule has 0 fully saturated rings. The van der Waals surface area contributed by atoms with Gasteiger partial charge in [0.05, 0.1) is 16.4 Å². The van der Waals surface area contributed by atoms with Gasteiger partial charge in [0.15, 0.2) is 0 Å². The molecule has 1 aromatic heterocycles. The largest absolute Gasteiger partial charge is 0.399 e. The van der Waals surface area contributed by atoms with Gasteiger partial charge in [0.2, 0.25) is 0 Å². The van der Waals surface area contributed by atoms with Crippen molar-refractivity contribution in [2.75, 3.05) is 5.73 Å². The van der Waals surface area contributed by atoms with Crippen molar-refractivity contribution in [3.05, 3.63) is 210 Å². The molecule has 9 aromatic rings. The Bertz CT molecular complexity index is 2900. The summed E-state index contributed by atoms with van der Waals surface area (Å²) in [6.07, 6.45) is 0. The molecule has 2 N–H and O–H groups in total. The Morgan fingerprint density at radius 1 is 0.463 bits per heavy atom. The van der Waals surface area contributed by atoms with E-state index in [0.29, 0.717) is 0 Å². The maximum Gasteiger partial charge on any atom is 0.145 e. The van der Waals surface area contributed by atoms with E-state index in [1.807, 2.05) is 11.8 Å². The third-order valence-electron chi connectivity index (χ3n) is 11.2. The summed E-state index contributed by atoms with van der Waals surface area (Å²) in [4.78, 5) is 7.73. The first-order valence-corrected chi connectivity index (χ1v) is 19.1. The van der Waals surface area contributed by atoms with Gasteiger partial charge in [-0.25, -0.2) is 4.98 Å². The van der Waals surface area contributed by atoms with E-state index in [1.54, 1.807) is 0 Å². The third kappa shape index (κ3) is 4.47. The predicted molar refractivity (Wildman–Crippen MR) is 223 cm³/mol. The molecule has 254 valence electrons. The zero-order chi connectivity index (χ0) is 35.8. The number of para-hydroxylation sites is 3. The molecule has 1 aliphatic heterocycles. The Morgan fingerprint density at radius 2 is 1.07 bits per heavy atom. The molecule has 0 saturated carbocycles. The zero-order valence-electron chi connectivity index (χ0n) is 29.3. The number of fused-ring (bicyclic) bond motifs is 10. The molecule has 0 radical (unpaired) electrons. The normalized spacial score (nSPS) is 13.3. The highest BCUT2D eigenvalue weighted by atomic mass is 32.2. The van der Waals surface area contributed by atoms with Crippen LogP contribution in [0.25, 0.3) is 61.5 Å². The third-order valence-corrected chi connectivity index (χ3v) is 12.3. The van der Waals surface area contributed by atoms with Crippen LogP contribution in [0.2, 0.25) is 0 Å². The fourth-order valence-electron chi connectivity index (χ4n) is 8.97. The van der Waals surface area contributed by atoms with Crippen LogP contribution in [0.1, 0.15) is 22.3 Å². The molecule has 1 aliphatic carbocycles. The van der Waals surface area contributed by atoms with E-state index >= 15 is 0 Å². The molecule has 4 heteroatoms. The zero-order valence-corrected chi connectivity index (χ0v) is 30.1. The lowest BCUT2D eigenvalue weighted by Gasteiger charge is -2.39. The number of nitrogens with zero attached hydrogens (tertiary/aromatic N) is 2. The summed E-state index contributed by atoms with van der Waals surface area (Å²) >= 11 is 1.87. The molecule has 2 heterocycles. The monoisotopic (exact) mass is 707 g/mol. The summed E-state index contributed by atoms with van der Waals surface area (Å²) < 4.78 is 2.26. The molecular formula is C50H33N3S. The first-order chi connectivity index (χ1) is 26.7. The van der Waals surface area contributed by atoms with Crippen LogP contribution < -0.4 is 5.73 Å². The number of anilines is 1. The summed E-state index contributed by atoms with van der Waals surface area (Å²) in [6, 6.07) is 67.8. The second-order valence-electron chi connectivity index (χ2n) is 14.1. The van der Waals surface area contributed by atoms with Gasteiger partial charge in [0, 0.05) is 26.7 Å². The number of rotatable bonds is 4. The number of hydrogen-bond donors (Lipinski definition) is 1. The van der Waals surface area contributed by atoms with Gasteiger partial charge in [-0.2, -0.15) is 0 Å². The molecule has 8 aromatic carbocycles. The van der Waals surface area contributed by atoms with E-state index in [2.05, 4.69) is 193 Å². The number of benzene rings is 8. The van der Waals surface area contributed by atoms with Crippen LogP contribution in [0, 0.1) is 0 Å². The van der Waals surface area contributed by atoms with Crippen LogP contribution in [0.4, 0.5) is 5.69 Å². The highest BCUT2D eigenvalue weighted by Gasteiger charge is 2.50. The summed E-state index contributed by atoms with van der Waals surface area (Å²) in [5.74, 6) is 0.923. The quantitative estimate of drug-likeness (QED) is 0.185. The lowest BCUT2D eigenvalue weighted by atomic mass is 9.67. The maximum atomic E-state index is 6.61. The van der Waals surface area contributed by atoms with Crippen molar-refractivity contribution in [3.63, 3.8) is 0 Å². The SMILES string of the molecule is Nc1ccc2c(c1)-c1c(-c3cccc(-c4cccc(-c5nc6ccccc6n5-c5ccccc5)c4)c3)cccc1C21c2ccccc2Sc2ccccc21. The van der Waals surface area contributed by atoms with E-state index in [4.69, 9.17) is 10.7 Å². The lowest BCUT2D eigenvalue weighted by molar-refractivity contribution is 0.722. The summed E-state index contributed by atoms with van der Waals surface area (Å²) in [7, 11) is 0. The van der Waals surface area contributed by atoms with Crippen LogP contribution in [-0.2, 0) is 5.41 Å². The van der Waals surface area contributed by atoms with Crippen LogP contribution >= 0.6 is 11.8 Å². The van der Waals surface area contributed by atoms with Crippen LogP contribution in [0.15, 0.2) is 198 Å². The molecule has 54 heavy (non-hydrogen) atoms. The van der Waals surface area contributed by atoms with Crippen molar-refractivity contribution in [1.82, 2.24) is 9.55 Å². The van der Waals surface area contributed by atoms with Crippen LogP contribution in [0.5, 0.6) is 0 Å². The lowest BCUT2D eigenvalue weighted by Crippen LogP contribution is -2.31. The molecule has 0 bridgehead atoms. The predicted octanol–water partition coefficient (Wildman–Crippen LogP) is 12.4. The molecular weight excluding hydrogens is 675 g/mol. The highest BCUT2D eigenvalue weighted by molar-refractivity contribution is 7.99. The minimum atomic E-state index is -0.455. The average Bonchev–Trinajstić information content (AvgIpc) is 3.76. The number of hydrogen-bond acceptors (Lipinski definition) is 3. The molecule has 2 aliphatic rings.